The van der Waals surface area contributed by atoms with E-state index in [4.69, 9.17) is 29.3 Å². The van der Waals surface area contributed by atoms with Crippen LogP contribution in [0.25, 0.3) is 33.5 Å². The van der Waals surface area contributed by atoms with Gasteiger partial charge in [-0.25, -0.2) is 4.98 Å². The second-order valence-corrected chi connectivity index (χ2v) is 10.2. The van der Waals surface area contributed by atoms with Gasteiger partial charge in [-0.3, -0.25) is 14.8 Å². The molecule has 1 amide bonds. The number of H-pyrrole nitrogens is 1. The summed E-state index contributed by atoms with van der Waals surface area (Å²) in [4.78, 5) is 29.5. The maximum Gasteiger partial charge on any atom is 0.647 e. The molecule has 0 radical (unpaired) electrons. The summed E-state index contributed by atoms with van der Waals surface area (Å²) in [7, 11) is -3.86. The quantitative estimate of drug-likeness (QED) is 0.316. The number of aromatic nitrogens is 4. The number of aromatic amines is 1. The maximum atomic E-state index is 12.7. The number of aryl methyl sites for hydroxylation is 1. The highest BCUT2D eigenvalue weighted by molar-refractivity contribution is 7.50. The summed E-state index contributed by atoms with van der Waals surface area (Å²) in [5.41, 5.74) is 10.9. The van der Waals surface area contributed by atoms with Gasteiger partial charge in [-0.1, -0.05) is 18.2 Å². The predicted molar refractivity (Wildman–Crippen MR) is 135 cm³/mol. The largest absolute Gasteiger partial charge is 0.647 e. The molecular weight excluding hydrogens is 493 g/mol. The first-order chi connectivity index (χ1) is 17.9. The summed E-state index contributed by atoms with van der Waals surface area (Å²) < 4.78 is 29.0. The van der Waals surface area contributed by atoms with Crippen LogP contribution in [0.4, 0.5) is 0 Å². The smallest absolute Gasteiger partial charge is 0.385 e. The minimum absolute atomic E-state index is 0.0733. The lowest BCUT2D eigenvalue weighted by molar-refractivity contribution is 0.0998. The minimum Gasteiger partial charge on any atom is -0.385 e. The van der Waals surface area contributed by atoms with Crippen molar-refractivity contribution in [2.75, 3.05) is 0 Å². The van der Waals surface area contributed by atoms with Crippen molar-refractivity contribution in [1.82, 2.24) is 19.9 Å². The summed E-state index contributed by atoms with van der Waals surface area (Å²) in [5, 5.41) is 0.978. The van der Waals surface area contributed by atoms with Crippen molar-refractivity contribution in [3.63, 3.8) is 0 Å². The number of pyridine rings is 2. The number of primary amides is 1. The number of amides is 1. The molecule has 3 aromatic heterocycles. The molecule has 0 aliphatic carbocycles. The zero-order valence-corrected chi connectivity index (χ0v) is 20.3. The molecular formula is C26H18N5O5P. The van der Waals surface area contributed by atoms with Crippen LogP contribution in [0.2, 0.25) is 0 Å². The normalized spacial score (nSPS) is 16.9. The number of hydrogen-bond acceptors (Lipinski definition) is 8. The second-order valence-electron chi connectivity index (χ2n) is 8.80. The molecule has 37 heavy (non-hydrogen) atoms. The topological polar surface area (TPSA) is 142 Å². The van der Waals surface area contributed by atoms with Gasteiger partial charge in [-0.05, 0) is 37.3 Å². The molecule has 3 N–H and O–H groups in total. The first kappa shape index (κ1) is 21.6. The lowest BCUT2D eigenvalue weighted by Crippen LogP contribution is -2.15. The van der Waals surface area contributed by atoms with Crippen LogP contribution in [-0.4, -0.2) is 25.8 Å². The number of carbonyl (C=O) groups is 1. The minimum atomic E-state index is -3.86. The molecule has 10 nitrogen and oxygen atoms in total. The molecule has 0 saturated carbocycles. The Bertz CT molecular complexity index is 1830. The predicted octanol–water partition coefficient (Wildman–Crippen LogP) is 4.96. The van der Waals surface area contributed by atoms with Gasteiger partial charge in [0.1, 0.15) is 5.82 Å². The average Bonchev–Trinajstić information content (AvgIpc) is 3.38. The molecule has 7 rings (SSSR count). The molecule has 0 spiro atoms. The number of nitrogens with two attached hydrogens (primary N) is 1. The molecule has 1 atom stereocenters. The van der Waals surface area contributed by atoms with Crippen LogP contribution in [0.1, 0.15) is 27.4 Å². The molecule has 5 heterocycles. The van der Waals surface area contributed by atoms with E-state index in [0.29, 0.717) is 17.1 Å². The Balaban J connectivity index is 1.39. The molecule has 11 heteroatoms. The second kappa shape index (κ2) is 7.65. The fourth-order valence-corrected chi connectivity index (χ4v) is 6.01. The molecule has 0 saturated heterocycles. The highest BCUT2D eigenvalue weighted by Crippen LogP contribution is 2.66. The number of nitrogens with one attached hydrogen (secondary N) is 1. The molecule has 182 valence electrons. The van der Waals surface area contributed by atoms with Crippen molar-refractivity contribution < 1.29 is 22.9 Å². The van der Waals surface area contributed by atoms with E-state index in [1.807, 2.05) is 55.5 Å². The van der Waals surface area contributed by atoms with Crippen LogP contribution >= 0.6 is 7.82 Å². The number of nitrogens with zero attached hydrogens (tertiary/aromatic N) is 3. The number of rotatable bonds is 5. The van der Waals surface area contributed by atoms with E-state index < -0.39 is 13.7 Å². The fourth-order valence-electron chi connectivity index (χ4n) is 4.67. The number of hydrogen-bond donors (Lipinski definition) is 2. The van der Waals surface area contributed by atoms with Gasteiger partial charge in [0.15, 0.2) is 17.2 Å². The SMILES string of the molecule is Cc1cccc(-c2[nH]c(Cc3c4c5cc(C(N)=O)c3OP(=O)(O5)O4)nc2-c2ccc3ncccc3c2)n1. The highest BCUT2D eigenvalue weighted by atomic mass is 31.2. The summed E-state index contributed by atoms with van der Waals surface area (Å²) in [6, 6.07) is 17.0. The van der Waals surface area contributed by atoms with Crippen molar-refractivity contribution in [2.45, 2.75) is 13.3 Å². The van der Waals surface area contributed by atoms with Crippen LogP contribution in [0.5, 0.6) is 17.2 Å². The van der Waals surface area contributed by atoms with E-state index in [-0.39, 0.29) is 29.2 Å². The summed E-state index contributed by atoms with van der Waals surface area (Å²) in [6.07, 6.45) is 1.93. The number of imidazole rings is 1. The third-order valence-corrected chi connectivity index (χ3v) is 7.52. The number of carbonyl (C=O) groups excluding carboxylic acids is 1. The average molecular weight is 511 g/mol. The third-order valence-electron chi connectivity index (χ3n) is 6.29. The van der Waals surface area contributed by atoms with E-state index in [1.54, 1.807) is 6.20 Å². The Morgan fingerprint density at radius 2 is 1.89 bits per heavy atom. The molecule has 2 aromatic carbocycles. The Labute approximate surface area is 210 Å². The van der Waals surface area contributed by atoms with Crippen molar-refractivity contribution in [3.05, 3.63) is 83.4 Å². The van der Waals surface area contributed by atoms with Crippen LogP contribution in [0.15, 0.2) is 60.8 Å². The molecule has 5 aromatic rings. The van der Waals surface area contributed by atoms with E-state index in [1.165, 1.54) is 6.07 Å². The van der Waals surface area contributed by atoms with Gasteiger partial charge in [0, 0.05) is 40.9 Å². The van der Waals surface area contributed by atoms with E-state index in [0.717, 1.165) is 33.5 Å². The van der Waals surface area contributed by atoms with Gasteiger partial charge >= 0.3 is 7.82 Å². The summed E-state index contributed by atoms with van der Waals surface area (Å²) in [6.45, 7) is 1.92. The van der Waals surface area contributed by atoms with Gasteiger partial charge in [0.05, 0.1) is 28.2 Å². The zero-order chi connectivity index (χ0) is 25.3. The standard InChI is InChI=1S/C26H18N5O5P/c1-13-4-2-6-19(29-13)23-22(15-7-8-18-14(10-15)5-3-9-28-18)30-21(31-23)12-16-24-17(26(27)32)11-20-25(16)36-37(33,34-20)35-24/h2-11H,12H2,1H3,(H2,27,32)(H,30,31). The number of phosphoric ester groups is 1. The van der Waals surface area contributed by atoms with Crippen LogP contribution in [0, 0.1) is 6.92 Å². The first-order valence-electron chi connectivity index (χ1n) is 11.4. The summed E-state index contributed by atoms with van der Waals surface area (Å²) in [5.74, 6) is 0.337. The number of benzene rings is 2. The van der Waals surface area contributed by atoms with Crippen LogP contribution in [-0.2, 0) is 11.0 Å². The van der Waals surface area contributed by atoms with Gasteiger partial charge in [0.25, 0.3) is 5.91 Å². The molecule has 3 bridgehead atoms. The lowest BCUT2D eigenvalue weighted by atomic mass is 10.0. The van der Waals surface area contributed by atoms with Crippen LogP contribution in [0.3, 0.4) is 0 Å². The Kier molecular flexibility index (Phi) is 4.46. The zero-order valence-electron chi connectivity index (χ0n) is 19.4. The number of phosphoric acid groups is 1. The molecule has 0 fully saturated rings. The van der Waals surface area contributed by atoms with Crippen molar-refractivity contribution >= 4 is 24.6 Å². The van der Waals surface area contributed by atoms with E-state index in [2.05, 4.69) is 9.97 Å². The lowest BCUT2D eigenvalue weighted by Gasteiger charge is -2.19. The van der Waals surface area contributed by atoms with Gasteiger partial charge < -0.3 is 24.3 Å². The van der Waals surface area contributed by atoms with Gasteiger partial charge in [-0.2, -0.15) is 4.57 Å². The van der Waals surface area contributed by atoms with E-state index >= 15 is 0 Å². The first-order valence-corrected chi connectivity index (χ1v) is 12.9. The highest BCUT2D eigenvalue weighted by Gasteiger charge is 2.50. The molecule has 2 aliphatic heterocycles. The van der Waals surface area contributed by atoms with Crippen molar-refractivity contribution in [1.29, 1.82) is 0 Å². The Morgan fingerprint density at radius 3 is 2.73 bits per heavy atom. The van der Waals surface area contributed by atoms with Gasteiger partial charge in [-0.15, -0.1) is 0 Å². The number of fused-ring (bicyclic) bond motifs is 3. The summed E-state index contributed by atoms with van der Waals surface area (Å²) >= 11 is 0. The maximum absolute atomic E-state index is 12.7. The fraction of sp³-hybridized carbons (Fsp3) is 0.0769. The molecule has 2 aliphatic rings. The molecule has 1 unspecified atom stereocenters. The van der Waals surface area contributed by atoms with Crippen LogP contribution < -0.4 is 19.3 Å². The Hall–Kier alpha value is -4.69. The van der Waals surface area contributed by atoms with Crippen molar-refractivity contribution in [2.24, 2.45) is 5.73 Å². The van der Waals surface area contributed by atoms with Crippen molar-refractivity contribution in [3.8, 4) is 39.9 Å². The Morgan fingerprint density at radius 1 is 1.03 bits per heavy atom. The third kappa shape index (κ3) is 3.45. The van der Waals surface area contributed by atoms with E-state index in [9.17, 15) is 9.36 Å². The van der Waals surface area contributed by atoms with Gasteiger partial charge in [0.2, 0.25) is 0 Å². The monoisotopic (exact) mass is 511 g/mol.